The maximum Gasteiger partial charge on any atom is 0.247 e. The van der Waals surface area contributed by atoms with E-state index in [0.29, 0.717) is 0 Å². The summed E-state index contributed by atoms with van der Waals surface area (Å²) in [5, 5.41) is 0. The average Bonchev–Trinajstić information content (AvgIpc) is 2.81. The predicted octanol–water partition coefficient (Wildman–Crippen LogP) is 4.05. The van der Waals surface area contributed by atoms with E-state index in [1.165, 1.54) is 33.8 Å². The number of carbonyl (C=O) groups excluding carboxylic acids is 1. The highest BCUT2D eigenvalue weighted by Crippen LogP contribution is 2.40. The molecule has 132 valence electrons. The lowest BCUT2D eigenvalue weighted by Crippen LogP contribution is -2.47. The van der Waals surface area contributed by atoms with Crippen molar-refractivity contribution >= 4 is 5.91 Å². The second-order valence-corrected chi connectivity index (χ2v) is 6.49. The third kappa shape index (κ3) is 2.76. The van der Waals surface area contributed by atoms with Crippen LogP contribution in [0, 0.1) is 23.3 Å². The van der Waals surface area contributed by atoms with E-state index in [0.717, 1.165) is 4.90 Å². The Kier molecular flexibility index (Phi) is 4.65. The lowest BCUT2D eigenvalue weighted by Gasteiger charge is -2.39. The van der Waals surface area contributed by atoms with Gasteiger partial charge in [0.05, 0.1) is 17.2 Å². The average molecular weight is 345 g/mol. The van der Waals surface area contributed by atoms with Crippen LogP contribution in [-0.2, 0) is 10.3 Å². The van der Waals surface area contributed by atoms with Crippen LogP contribution in [0.2, 0.25) is 0 Å². The molecule has 0 radical (unpaired) electrons. The van der Waals surface area contributed by atoms with Gasteiger partial charge in [0.15, 0.2) is 17.4 Å². The standard InChI is InChI=1S/C17H19F4NO2/c1-8(2)24-16-14(20)12(18)11(13(19)15(16)21)17(4,5)22-9(3)6-7-10(22)23/h6-9H,1-5H3. The summed E-state index contributed by atoms with van der Waals surface area (Å²) in [6.45, 7) is 7.25. The molecule has 1 aromatic carbocycles. The smallest absolute Gasteiger partial charge is 0.247 e. The first-order valence-corrected chi connectivity index (χ1v) is 7.54. The van der Waals surface area contributed by atoms with Gasteiger partial charge in [0.2, 0.25) is 17.5 Å². The first-order chi connectivity index (χ1) is 11.0. The molecule has 2 rings (SSSR count). The van der Waals surface area contributed by atoms with Gasteiger partial charge in [0.25, 0.3) is 0 Å². The fourth-order valence-electron chi connectivity index (χ4n) is 2.98. The van der Waals surface area contributed by atoms with E-state index in [1.807, 2.05) is 0 Å². The number of nitrogens with zero attached hydrogens (tertiary/aromatic N) is 1. The molecule has 1 aliphatic rings. The van der Waals surface area contributed by atoms with E-state index in [4.69, 9.17) is 4.74 Å². The minimum absolute atomic E-state index is 0.469. The van der Waals surface area contributed by atoms with Crippen LogP contribution in [0.4, 0.5) is 17.6 Å². The Bertz CT molecular complexity index is 684. The van der Waals surface area contributed by atoms with Gasteiger partial charge in [0.1, 0.15) is 0 Å². The molecule has 0 aliphatic carbocycles. The molecule has 0 aromatic heterocycles. The molecule has 0 saturated heterocycles. The van der Waals surface area contributed by atoms with E-state index in [9.17, 15) is 22.4 Å². The monoisotopic (exact) mass is 345 g/mol. The molecular formula is C17H19F4NO2. The Balaban J connectivity index is 2.65. The van der Waals surface area contributed by atoms with Crippen LogP contribution >= 0.6 is 0 Å². The highest BCUT2D eigenvalue weighted by Gasteiger charge is 2.43. The molecule has 1 heterocycles. The zero-order chi connectivity index (χ0) is 18.4. The van der Waals surface area contributed by atoms with E-state index in [2.05, 4.69) is 0 Å². The minimum atomic E-state index is -1.61. The largest absolute Gasteiger partial charge is 0.485 e. The molecule has 1 unspecified atom stereocenters. The summed E-state index contributed by atoms with van der Waals surface area (Å²) in [5.74, 6) is -7.95. The molecule has 7 heteroatoms. The molecule has 0 N–H and O–H groups in total. The van der Waals surface area contributed by atoms with E-state index >= 15 is 0 Å². The number of benzene rings is 1. The Morgan fingerprint density at radius 2 is 1.58 bits per heavy atom. The van der Waals surface area contributed by atoms with Crippen LogP contribution in [-0.4, -0.2) is 23.0 Å². The van der Waals surface area contributed by atoms with Gasteiger partial charge < -0.3 is 9.64 Å². The van der Waals surface area contributed by atoms with Crippen molar-refractivity contribution in [1.29, 1.82) is 0 Å². The minimum Gasteiger partial charge on any atom is -0.485 e. The predicted molar refractivity (Wildman–Crippen MR) is 80.5 cm³/mol. The van der Waals surface area contributed by atoms with Gasteiger partial charge in [-0.3, -0.25) is 4.79 Å². The highest BCUT2D eigenvalue weighted by molar-refractivity contribution is 5.91. The van der Waals surface area contributed by atoms with Crippen molar-refractivity contribution in [1.82, 2.24) is 4.90 Å². The number of carbonyl (C=O) groups is 1. The van der Waals surface area contributed by atoms with Crippen molar-refractivity contribution in [2.75, 3.05) is 0 Å². The lowest BCUT2D eigenvalue weighted by atomic mass is 9.89. The summed E-state index contributed by atoms with van der Waals surface area (Å²) in [4.78, 5) is 13.2. The molecular weight excluding hydrogens is 326 g/mol. The van der Waals surface area contributed by atoms with Crippen molar-refractivity contribution in [3.05, 3.63) is 41.0 Å². The van der Waals surface area contributed by atoms with Crippen LogP contribution in [0.5, 0.6) is 5.75 Å². The van der Waals surface area contributed by atoms with Crippen LogP contribution in [0.1, 0.15) is 40.2 Å². The topological polar surface area (TPSA) is 29.5 Å². The van der Waals surface area contributed by atoms with Gasteiger partial charge in [-0.05, 0) is 34.6 Å². The second kappa shape index (κ2) is 6.11. The Hall–Kier alpha value is -2.05. The molecule has 0 spiro atoms. The van der Waals surface area contributed by atoms with Crippen molar-refractivity contribution in [2.24, 2.45) is 0 Å². The third-order valence-electron chi connectivity index (χ3n) is 3.95. The van der Waals surface area contributed by atoms with Crippen LogP contribution in [0.25, 0.3) is 0 Å². The summed E-state index contributed by atoms with van der Waals surface area (Å²) in [6.07, 6.45) is 2.13. The molecule has 0 fully saturated rings. The SMILES string of the molecule is CC(C)Oc1c(F)c(F)c(C(C)(C)N2C(=O)C=CC2C)c(F)c1F. The summed E-state index contributed by atoms with van der Waals surface area (Å²) in [7, 11) is 0. The molecule has 1 aliphatic heterocycles. The second-order valence-electron chi connectivity index (χ2n) is 6.49. The molecule has 1 amide bonds. The number of halogens is 4. The summed E-state index contributed by atoms with van der Waals surface area (Å²) in [6, 6.07) is -0.469. The number of hydrogen-bond donors (Lipinski definition) is 0. The lowest BCUT2D eigenvalue weighted by molar-refractivity contribution is -0.131. The molecule has 1 atom stereocenters. The molecule has 3 nitrogen and oxygen atoms in total. The van der Waals surface area contributed by atoms with Gasteiger partial charge in [-0.2, -0.15) is 8.78 Å². The summed E-state index contributed by atoms with van der Waals surface area (Å²) >= 11 is 0. The van der Waals surface area contributed by atoms with Gasteiger partial charge in [-0.15, -0.1) is 0 Å². The first kappa shape index (κ1) is 18.3. The quantitative estimate of drug-likeness (QED) is 0.609. The van der Waals surface area contributed by atoms with Gasteiger partial charge in [-0.1, -0.05) is 6.08 Å². The number of rotatable bonds is 4. The maximum atomic E-state index is 14.5. The van der Waals surface area contributed by atoms with Gasteiger partial charge in [0, 0.05) is 12.1 Å². The number of ether oxygens (including phenoxy) is 1. The molecule has 1 aromatic rings. The van der Waals surface area contributed by atoms with Crippen LogP contribution in [0.3, 0.4) is 0 Å². The van der Waals surface area contributed by atoms with Crippen molar-refractivity contribution < 1.29 is 27.1 Å². The van der Waals surface area contributed by atoms with Crippen molar-refractivity contribution in [3.8, 4) is 5.75 Å². The Labute approximate surface area is 137 Å². The maximum absolute atomic E-state index is 14.5. The fraction of sp³-hybridized carbons (Fsp3) is 0.471. The Morgan fingerprint density at radius 3 is 1.96 bits per heavy atom. The van der Waals surface area contributed by atoms with Gasteiger partial charge in [-0.25, -0.2) is 8.78 Å². The molecule has 24 heavy (non-hydrogen) atoms. The zero-order valence-corrected chi connectivity index (χ0v) is 14.1. The molecule has 0 saturated carbocycles. The van der Waals surface area contributed by atoms with E-state index in [1.54, 1.807) is 13.0 Å². The Morgan fingerprint density at radius 1 is 1.08 bits per heavy atom. The van der Waals surface area contributed by atoms with Crippen molar-refractivity contribution in [3.63, 3.8) is 0 Å². The summed E-state index contributed by atoms with van der Waals surface area (Å²) < 4.78 is 62.4. The summed E-state index contributed by atoms with van der Waals surface area (Å²) in [5.41, 5.74) is -2.45. The third-order valence-corrected chi connectivity index (χ3v) is 3.95. The van der Waals surface area contributed by atoms with Crippen molar-refractivity contribution in [2.45, 2.75) is 52.3 Å². The van der Waals surface area contributed by atoms with Crippen LogP contribution < -0.4 is 4.74 Å². The molecule has 0 bridgehead atoms. The number of amides is 1. The normalized spacial score (nSPS) is 18.0. The number of hydrogen-bond acceptors (Lipinski definition) is 2. The fourth-order valence-corrected chi connectivity index (χ4v) is 2.98. The van der Waals surface area contributed by atoms with E-state index < -0.39 is 58.2 Å². The highest BCUT2D eigenvalue weighted by atomic mass is 19.2. The first-order valence-electron chi connectivity index (χ1n) is 7.54. The van der Waals surface area contributed by atoms with Crippen LogP contribution in [0.15, 0.2) is 12.2 Å². The zero-order valence-electron chi connectivity index (χ0n) is 14.1. The van der Waals surface area contributed by atoms with Gasteiger partial charge >= 0.3 is 0 Å². The van der Waals surface area contributed by atoms with E-state index in [-0.39, 0.29) is 0 Å².